The van der Waals surface area contributed by atoms with Gasteiger partial charge < -0.3 is 16.4 Å². The number of carbonyl (C=O) groups is 2. The van der Waals surface area contributed by atoms with Gasteiger partial charge in [0.2, 0.25) is 5.91 Å². The summed E-state index contributed by atoms with van der Waals surface area (Å²) in [6, 6.07) is 3.18. The zero-order chi connectivity index (χ0) is 15.3. The topological polar surface area (TPSA) is 84.2 Å². The van der Waals surface area contributed by atoms with Crippen molar-refractivity contribution in [3.8, 4) is 0 Å². The van der Waals surface area contributed by atoms with E-state index in [4.69, 9.17) is 5.73 Å². The first-order valence-electron chi connectivity index (χ1n) is 5.70. The summed E-state index contributed by atoms with van der Waals surface area (Å²) in [4.78, 5) is 21.8. The predicted molar refractivity (Wildman–Crippen MR) is 65.6 cm³/mol. The standard InChI is InChI=1S/C12H14F3N3O2/c1-7(18-10(19)6-17-11(16)20)8-3-2-4-9(5-8)12(13,14)15/h2-5,7H,6H2,1H3,(H,18,19)(H3,16,17,20)/t7-/m0/s1. The lowest BCUT2D eigenvalue weighted by Gasteiger charge is -2.16. The summed E-state index contributed by atoms with van der Waals surface area (Å²) >= 11 is 0. The summed E-state index contributed by atoms with van der Waals surface area (Å²) in [5, 5.41) is 4.54. The van der Waals surface area contributed by atoms with Gasteiger partial charge in [-0.25, -0.2) is 4.79 Å². The quantitative estimate of drug-likeness (QED) is 0.785. The van der Waals surface area contributed by atoms with Gasteiger partial charge in [-0.15, -0.1) is 0 Å². The Kier molecular flexibility index (Phi) is 4.95. The summed E-state index contributed by atoms with van der Waals surface area (Å²) in [6.07, 6.45) is -4.44. The lowest BCUT2D eigenvalue weighted by molar-refractivity contribution is -0.137. The van der Waals surface area contributed by atoms with Gasteiger partial charge in [0, 0.05) is 0 Å². The minimum absolute atomic E-state index is 0.312. The van der Waals surface area contributed by atoms with Crippen molar-refractivity contribution >= 4 is 11.9 Å². The van der Waals surface area contributed by atoms with Crippen LogP contribution in [0.4, 0.5) is 18.0 Å². The summed E-state index contributed by atoms with van der Waals surface area (Å²) in [5.74, 6) is -0.547. The Morgan fingerprint density at radius 2 is 2.00 bits per heavy atom. The van der Waals surface area contributed by atoms with Crippen LogP contribution in [-0.2, 0) is 11.0 Å². The van der Waals surface area contributed by atoms with E-state index < -0.39 is 29.7 Å². The van der Waals surface area contributed by atoms with Crippen LogP contribution >= 0.6 is 0 Å². The van der Waals surface area contributed by atoms with Crippen molar-refractivity contribution in [1.82, 2.24) is 10.6 Å². The number of hydrogen-bond donors (Lipinski definition) is 3. The van der Waals surface area contributed by atoms with Crippen molar-refractivity contribution in [2.24, 2.45) is 5.73 Å². The third kappa shape index (κ3) is 4.79. The van der Waals surface area contributed by atoms with Gasteiger partial charge in [-0.3, -0.25) is 4.79 Å². The molecule has 0 aromatic heterocycles. The molecule has 0 spiro atoms. The Labute approximate surface area is 113 Å². The highest BCUT2D eigenvalue weighted by molar-refractivity contribution is 5.83. The van der Waals surface area contributed by atoms with E-state index in [1.54, 1.807) is 0 Å². The number of rotatable bonds is 4. The second-order valence-corrected chi connectivity index (χ2v) is 4.13. The molecule has 0 bridgehead atoms. The van der Waals surface area contributed by atoms with Crippen molar-refractivity contribution < 1.29 is 22.8 Å². The zero-order valence-corrected chi connectivity index (χ0v) is 10.6. The molecule has 5 nitrogen and oxygen atoms in total. The van der Waals surface area contributed by atoms with Gasteiger partial charge in [0.15, 0.2) is 0 Å². The first kappa shape index (κ1) is 15.8. The molecule has 0 aliphatic heterocycles. The van der Waals surface area contributed by atoms with Crippen LogP contribution in [0, 0.1) is 0 Å². The molecule has 0 aliphatic carbocycles. The van der Waals surface area contributed by atoms with E-state index in [1.807, 2.05) is 0 Å². The number of benzene rings is 1. The van der Waals surface area contributed by atoms with Crippen LogP contribution < -0.4 is 16.4 Å². The summed E-state index contributed by atoms with van der Waals surface area (Å²) in [5.41, 5.74) is 4.32. The highest BCUT2D eigenvalue weighted by Gasteiger charge is 2.30. The normalized spacial score (nSPS) is 12.6. The lowest BCUT2D eigenvalue weighted by Crippen LogP contribution is -2.40. The molecule has 1 atom stereocenters. The Balaban J connectivity index is 2.70. The molecule has 0 aliphatic rings. The van der Waals surface area contributed by atoms with E-state index in [-0.39, 0.29) is 6.54 Å². The van der Waals surface area contributed by atoms with Gasteiger partial charge >= 0.3 is 12.2 Å². The monoisotopic (exact) mass is 289 g/mol. The van der Waals surface area contributed by atoms with Gasteiger partial charge in [0.05, 0.1) is 18.2 Å². The molecule has 0 saturated heterocycles. The number of hydrogen-bond acceptors (Lipinski definition) is 2. The second kappa shape index (κ2) is 6.27. The lowest BCUT2D eigenvalue weighted by atomic mass is 10.0. The van der Waals surface area contributed by atoms with Crippen LogP contribution in [0.1, 0.15) is 24.1 Å². The largest absolute Gasteiger partial charge is 0.416 e. The number of alkyl halides is 3. The average Bonchev–Trinajstić information content (AvgIpc) is 2.35. The number of nitrogens with one attached hydrogen (secondary N) is 2. The maximum Gasteiger partial charge on any atom is 0.416 e. The Bertz CT molecular complexity index is 503. The Hall–Kier alpha value is -2.25. The molecule has 110 valence electrons. The first-order valence-corrected chi connectivity index (χ1v) is 5.70. The Morgan fingerprint density at radius 1 is 1.35 bits per heavy atom. The van der Waals surface area contributed by atoms with Crippen LogP contribution in [0.2, 0.25) is 0 Å². The van der Waals surface area contributed by atoms with Gasteiger partial charge in [0.25, 0.3) is 0 Å². The van der Waals surface area contributed by atoms with Crippen molar-refractivity contribution in [3.63, 3.8) is 0 Å². The molecular formula is C12H14F3N3O2. The third-order valence-electron chi connectivity index (χ3n) is 2.51. The molecule has 20 heavy (non-hydrogen) atoms. The van der Waals surface area contributed by atoms with E-state index >= 15 is 0 Å². The van der Waals surface area contributed by atoms with Crippen LogP contribution in [0.15, 0.2) is 24.3 Å². The fraction of sp³-hybridized carbons (Fsp3) is 0.333. The maximum atomic E-state index is 12.6. The molecular weight excluding hydrogens is 275 g/mol. The Morgan fingerprint density at radius 3 is 2.55 bits per heavy atom. The summed E-state index contributed by atoms with van der Waals surface area (Å²) in [6.45, 7) is 1.20. The van der Waals surface area contributed by atoms with E-state index in [0.29, 0.717) is 5.56 Å². The summed E-state index contributed by atoms with van der Waals surface area (Å²) < 4.78 is 37.7. The van der Waals surface area contributed by atoms with Crippen molar-refractivity contribution in [1.29, 1.82) is 0 Å². The van der Waals surface area contributed by atoms with Gasteiger partial charge in [-0.2, -0.15) is 13.2 Å². The molecule has 1 aromatic carbocycles. The third-order valence-corrected chi connectivity index (χ3v) is 2.51. The van der Waals surface area contributed by atoms with Gasteiger partial charge in [-0.05, 0) is 24.6 Å². The van der Waals surface area contributed by atoms with Gasteiger partial charge in [-0.1, -0.05) is 12.1 Å². The van der Waals surface area contributed by atoms with Crippen LogP contribution in [-0.4, -0.2) is 18.5 Å². The molecule has 1 aromatic rings. The highest BCUT2D eigenvalue weighted by atomic mass is 19.4. The molecule has 0 fully saturated rings. The minimum Gasteiger partial charge on any atom is -0.352 e. The van der Waals surface area contributed by atoms with E-state index in [1.165, 1.54) is 19.1 Å². The molecule has 0 radical (unpaired) electrons. The van der Waals surface area contributed by atoms with E-state index in [0.717, 1.165) is 12.1 Å². The number of halogens is 3. The number of carbonyl (C=O) groups excluding carboxylic acids is 2. The number of nitrogens with two attached hydrogens (primary N) is 1. The second-order valence-electron chi connectivity index (χ2n) is 4.13. The van der Waals surface area contributed by atoms with Crippen LogP contribution in [0.3, 0.4) is 0 Å². The SMILES string of the molecule is C[C@H](NC(=O)CNC(N)=O)c1cccc(C(F)(F)F)c1. The van der Waals surface area contributed by atoms with Crippen molar-refractivity contribution in [2.45, 2.75) is 19.1 Å². The molecule has 4 N–H and O–H groups in total. The molecule has 0 unspecified atom stereocenters. The van der Waals surface area contributed by atoms with Crippen LogP contribution in [0.25, 0.3) is 0 Å². The predicted octanol–water partition coefficient (Wildman–Crippen LogP) is 1.55. The molecule has 3 amide bonds. The van der Waals surface area contributed by atoms with E-state index in [9.17, 15) is 22.8 Å². The van der Waals surface area contributed by atoms with Gasteiger partial charge in [0.1, 0.15) is 0 Å². The number of primary amides is 1. The fourth-order valence-electron chi connectivity index (χ4n) is 1.53. The van der Waals surface area contributed by atoms with Crippen molar-refractivity contribution in [2.75, 3.05) is 6.54 Å². The maximum absolute atomic E-state index is 12.6. The fourth-order valence-corrected chi connectivity index (χ4v) is 1.53. The highest BCUT2D eigenvalue weighted by Crippen LogP contribution is 2.30. The molecule has 8 heteroatoms. The average molecular weight is 289 g/mol. The zero-order valence-electron chi connectivity index (χ0n) is 10.6. The number of amides is 3. The minimum atomic E-state index is -4.44. The number of urea groups is 1. The van der Waals surface area contributed by atoms with Crippen LogP contribution in [0.5, 0.6) is 0 Å². The molecule has 1 rings (SSSR count). The molecule has 0 saturated carbocycles. The van der Waals surface area contributed by atoms with E-state index in [2.05, 4.69) is 10.6 Å². The van der Waals surface area contributed by atoms with Crippen molar-refractivity contribution in [3.05, 3.63) is 35.4 Å². The smallest absolute Gasteiger partial charge is 0.352 e. The molecule has 0 heterocycles. The summed E-state index contributed by atoms with van der Waals surface area (Å²) in [7, 11) is 0. The first-order chi connectivity index (χ1) is 9.20.